The molecule has 0 amide bonds. The summed E-state index contributed by atoms with van der Waals surface area (Å²) < 4.78 is 0. The van der Waals surface area contributed by atoms with Crippen LogP contribution in [-0.2, 0) is 0 Å². The van der Waals surface area contributed by atoms with Crippen molar-refractivity contribution in [3.05, 3.63) is 23.8 Å². The van der Waals surface area contributed by atoms with Crippen LogP contribution in [-0.4, -0.2) is 13.3 Å². The average molecular weight is 192 g/mol. The number of rotatable bonds is 3. The lowest BCUT2D eigenvalue weighted by Crippen LogP contribution is -1.98. The summed E-state index contributed by atoms with van der Waals surface area (Å²) in [6.45, 7) is 12.6. The number of hydrogen-bond acceptors (Lipinski definition) is 2. The second kappa shape index (κ2) is 7.13. The fraction of sp³-hybridized carbons (Fsp3) is 0.417. The molecule has 1 rings (SSSR count). The summed E-state index contributed by atoms with van der Waals surface area (Å²) >= 11 is 0. The summed E-state index contributed by atoms with van der Waals surface area (Å²) in [5, 5.41) is 3.26. The first kappa shape index (κ1) is 12.7. The van der Waals surface area contributed by atoms with Gasteiger partial charge >= 0.3 is 0 Å². The van der Waals surface area contributed by atoms with Crippen molar-refractivity contribution in [3.8, 4) is 0 Å². The predicted molar refractivity (Wildman–Crippen MR) is 65.9 cm³/mol. The summed E-state index contributed by atoms with van der Waals surface area (Å²) in [6.07, 6.45) is 0. The Balaban J connectivity index is 0.000000791. The average Bonchev–Trinajstić information content (AvgIpc) is 2.24. The Kier molecular flexibility index (Phi) is 6.46. The Morgan fingerprint density at radius 3 is 2.50 bits per heavy atom. The van der Waals surface area contributed by atoms with Crippen LogP contribution in [0.3, 0.4) is 0 Å². The van der Waals surface area contributed by atoms with E-state index in [4.69, 9.17) is 0 Å². The van der Waals surface area contributed by atoms with E-state index < -0.39 is 0 Å². The van der Waals surface area contributed by atoms with Gasteiger partial charge in [0.15, 0.2) is 0 Å². The maximum atomic E-state index is 3.94. The van der Waals surface area contributed by atoms with E-state index in [9.17, 15) is 0 Å². The molecule has 0 atom stereocenters. The molecule has 2 nitrogen and oxygen atoms in total. The number of nitrogens with one attached hydrogen (secondary N) is 1. The zero-order valence-electron chi connectivity index (χ0n) is 9.59. The largest absolute Gasteiger partial charge is 0.383 e. The molecule has 14 heavy (non-hydrogen) atoms. The highest BCUT2D eigenvalue weighted by atomic mass is 14.9. The third-order valence-corrected chi connectivity index (χ3v) is 1.77. The van der Waals surface area contributed by atoms with Crippen LogP contribution in [0.25, 0.3) is 0 Å². The molecule has 1 aromatic carbocycles. The quantitative estimate of drug-likeness (QED) is 0.724. The lowest BCUT2D eigenvalue weighted by Gasteiger charge is -2.09. The van der Waals surface area contributed by atoms with Gasteiger partial charge in [-0.2, -0.15) is 0 Å². The Morgan fingerprint density at radius 2 is 2.00 bits per heavy atom. The van der Waals surface area contributed by atoms with Crippen LogP contribution in [0.5, 0.6) is 0 Å². The van der Waals surface area contributed by atoms with Crippen molar-refractivity contribution in [1.29, 1.82) is 0 Å². The Labute approximate surface area is 87.1 Å². The normalized spacial score (nSPS) is 8.57. The van der Waals surface area contributed by atoms with Crippen molar-refractivity contribution in [3.63, 3.8) is 0 Å². The maximum Gasteiger partial charge on any atom is 0.0856 e. The Morgan fingerprint density at radius 1 is 1.36 bits per heavy atom. The summed E-state index contributed by atoms with van der Waals surface area (Å²) in [5.41, 5.74) is 3.23. The molecule has 0 bridgehead atoms. The molecule has 0 saturated carbocycles. The van der Waals surface area contributed by atoms with E-state index in [0.717, 1.165) is 17.9 Å². The third-order valence-electron chi connectivity index (χ3n) is 1.77. The lowest BCUT2D eigenvalue weighted by molar-refractivity contribution is 1.20. The summed E-state index contributed by atoms with van der Waals surface area (Å²) in [5.74, 6) is 0. The number of benzene rings is 1. The van der Waals surface area contributed by atoms with Crippen molar-refractivity contribution >= 4 is 18.1 Å². The standard InChI is InChI=1S/C10H14N2.C2H6/c1-4-12-10-8(2)6-5-7-9(10)11-3;1-2/h5-7,12H,3-4H2,1-2H3;1-2H3. The number of aliphatic imine (C=N–C) groups is 1. The van der Waals surface area contributed by atoms with Crippen molar-refractivity contribution in [1.82, 2.24) is 0 Å². The second-order valence-electron chi connectivity index (χ2n) is 2.66. The fourth-order valence-electron chi connectivity index (χ4n) is 1.19. The molecule has 1 N–H and O–H groups in total. The maximum absolute atomic E-state index is 3.94. The van der Waals surface area contributed by atoms with Crippen molar-refractivity contribution < 1.29 is 0 Å². The Hall–Kier alpha value is -1.31. The number of para-hydroxylation sites is 1. The Bertz CT molecular complexity index is 280. The molecule has 0 radical (unpaired) electrons. The van der Waals surface area contributed by atoms with Crippen LogP contribution in [0, 0.1) is 6.92 Å². The smallest absolute Gasteiger partial charge is 0.0856 e. The van der Waals surface area contributed by atoms with Crippen LogP contribution in [0.15, 0.2) is 23.2 Å². The van der Waals surface area contributed by atoms with E-state index in [1.54, 1.807) is 0 Å². The monoisotopic (exact) mass is 192 g/mol. The number of aryl methyl sites for hydroxylation is 1. The highest BCUT2D eigenvalue weighted by Gasteiger charge is 2.00. The summed E-state index contributed by atoms with van der Waals surface area (Å²) in [4.78, 5) is 3.94. The minimum Gasteiger partial charge on any atom is -0.383 e. The first-order valence-electron chi connectivity index (χ1n) is 5.09. The molecule has 2 heteroatoms. The van der Waals surface area contributed by atoms with E-state index >= 15 is 0 Å². The van der Waals surface area contributed by atoms with Crippen LogP contribution in [0.2, 0.25) is 0 Å². The van der Waals surface area contributed by atoms with Crippen LogP contribution in [0.4, 0.5) is 11.4 Å². The van der Waals surface area contributed by atoms with Crippen LogP contribution < -0.4 is 5.32 Å². The number of nitrogens with zero attached hydrogens (tertiary/aromatic N) is 1. The fourth-order valence-corrected chi connectivity index (χ4v) is 1.19. The minimum absolute atomic E-state index is 0.910. The van der Waals surface area contributed by atoms with Crippen molar-refractivity contribution in [2.45, 2.75) is 27.7 Å². The number of anilines is 1. The summed E-state index contributed by atoms with van der Waals surface area (Å²) in [7, 11) is 0. The molecule has 0 unspecified atom stereocenters. The third kappa shape index (κ3) is 3.21. The molecule has 0 fully saturated rings. The molecule has 0 aliphatic rings. The van der Waals surface area contributed by atoms with E-state index in [-0.39, 0.29) is 0 Å². The van der Waals surface area contributed by atoms with Gasteiger partial charge in [0.2, 0.25) is 0 Å². The van der Waals surface area contributed by atoms with Gasteiger partial charge in [-0.15, -0.1) is 0 Å². The van der Waals surface area contributed by atoms with Gasteiger partial charge in [0.05, 0.1) is 11.4 Å². The van der Waals surface area contributed by atoms with E-state index in [1.165, 1.54) is 5.56 Å². The van der Waals surface area contributed by atoms with E-state index in [2.05, 4.69) is 36.9 Å². The van der Waals surface area contributed by atoms with Crippen LogP contribution >= 0.6 is 0 Å². The molecule has 78 valence electrons. The zero-order chi connectivity index (χ0) is 11.0. The van der Waals surface area contributed by atoms with Crippen LogP contribution in [0.1, 0.15) is 26.3 Å². The topological polar surface area (TPSA) is 24.4 Å². The molecular formula is C12H20N2. The van der Waals surface area contributed by atoms with Gasteiger partial charge in [-0.05, 0) is 32.2 Å². The second-order valence-corrected chi connectivity index (χ2v) is 2.66. The van der Waals surface area contributed by atoms with Gasteiger partial charge in [0.25, 0.3) is 0 Å². The predicted octanol–water partition coefficient (Wildman–Crippen LogP) is 3.79. The van der Waals surface area contributed by atoms with E-state index in [1.807, 2.05) is 26.0 Å². The molecule has 0 aliphatic heterocycles. The minimum atomic E-state index is 0.910. The van der Waals surface area contributed by atoms with Gasteiger partial charge < -0.3 is 5.32 Å². The first-order valence-corrected chi connectivity index (χ1v) is 5.09. The SMILES string of the molecule is C=Nc1cccc(C)c1NCC.CC. The molecule has 0 aromatic heterocycles. The van der Waals surface area contributed by atoms with Gasteiger partial charge in [-0.1, -0.05) is 26.0 Å². The molecule has 0 spiro atoms. The molecule has 1 aromatic rings. The highest BCUT2D eigenvalue weighted by Crippen LogP contribution is 2.27. The zero-order valence-corrected chi connectivity index (χ0v) is 9.59. The lowest BCUT2D eigenvalue weighted by atomic mass is 10.1. The summed E-state index contributed by atoms with van der Waals surface area (Å²) in [6, 6.07) is 6.00. The van der Waals surface area contributed by atoms with E-state index in [0.29, 0.717) is 0 Å². The van der Waals surface area contributed by atoms with Crippen molar-refractivity contribution in [2.75, 3.05) is 11.9 Å². The number of hydrogen-bond donors (Lipinski definition) is 1. The first-order chi connectivity index (χ1) is 6.79. The van der Waals surface area contributed by atoms with Gasteiger partial charge in [-0.25, -0.2) is 0 Å². The van der Waals surface area contributed by atoms with Crippen molar-refractivity contribution in [2.24, 2.45) is 4.99 Å². The van der Waals surface area contributed by atoms with Gasteiger partial charge in [0, 0.05) is 6.54 Å². The highest BCUT2D eigenvalue weighted by molar-refractivity contribution is 5.71. The molecule has 0 heterocycles. The molecule has 0 saturated heterocycles. The molecular weight excluding hydrogens is 172 g/mol. The molecule has 0 aliphatic carbocycles. The van der Waals surface area contributed by atoms with Gasteiger partial charge in [0.1, 0.15) is 0 Å². The van der Waals surface area contributed by atoms with Gasteiger partial charge in [-0.3, -0.25) is 4.99 Å².